The lowest BCUT2D eigenvalue weighted by atomic mass is 10.2. The zero-order chi connectivity index (χ0) is 18.7. The van der Waals surface area contributed by atoms with Gasteiger partial charge in [-0.05, 0) is 36.2 Å². The number of rotatable bonds is 7. The zero-order valence-electron chi connectivity index (χ0n) is 13.2. The molecule has 0 aliphatic rings. The number of carbonyl (C=O) groups is 2. The molecule has 2 atom stereocenters. The molecule has 0 aliphatic carbocycles. The maximum Gasteiger partial charge on any atom is 0.335 e. The minimum atomic E-state index is -2.27. The molecule has 2 unspecified atom stereocenters. The number of aliphatic carboxylic acids is 2. The van der Waals surface area contributed by atoms with Crippen molar-refractivity contribution in [3.8, 4) is 0 Å². The molecule has 0 fully saturated rings. The molecule has 0 spiro atoms. The predicted molar refractivity (Wildman–Crippen MR) is 92.4 cm³/mol. The van der Waals surface area contributed by atoms with E-state index in [4.69, 9.17) is 20.4 Å². The van der Waals surface area contributed by atoms with E-state index in [-0.39, 0.29) is 0 Å². The van der Waals surface area contributed by atoms with E-state index in [1.165, 1.54) is 10.5 Å². The van der Waals surface area contributed by atoms with Crippen LogP contribution in [0.15, 0.2) is 59.8 Å². The van der Waals surface area contributed by atoms with Gasteiger partial charge in [0, 0.05) is 23.0 Å². The Morgan fingerprint density at radius 2 is 1.44 bits per heavy atom. The van der Waals surface area contributed by atoms with Crippen molar-refractivity contribution >= 4 is 23.7 Å². The third-order valence-electron chi connectivity index (χ3n) is 2.96. The molecule has 1 heterocycles. The van der Waals surface area contributed by atoms with Crippen LogP contribution < -0.4 is 0 Å². The molecule has 0 radical (unpaired) electrons. The Morgan fingerprint density at radius 1 is 0.920 bits per heavy atom. The Morgan fingerprint density at radius 3 is 1.92 bits per heavy atom. The molecule has 4 N–H and O–H groups in total. The van der Waals surface area contributed by atoms with Crippen LogP contribution in [-0.4, -0.2) is 55.3 Å². The second-order valence-electron chi connectivity index (χ2n) is 4.83. The number of carboxylic acid groups (broad SMARTS) is 2. The van der Waals surface area contributed by atoms with Crippen molar-refractivity contribution in [2.24, 2.45) is 0 Å². The van der Waals surface area contributed by atoms with E-state index in [1.807, 2.05) is 30.2 Å². The minimum Gasteiger partial charge on any atom is -0.479 e. The summed E-state index contributed by atoms with van der Waals surface area (Å²) in [6, 6.07) is 14.7. The third kappa shape index (κ3) is 8.30. The van der Waals surface area contributed by atoms with Crippen molar-refractivity contribution in [1.29, 1.82) is 0 Å². The Kier molecular flexibility index (Phi) is 9.23. The lowest BCUT2D eigenvalue weighted by molar-refractivity contribution is -0.165. The van der Waals surface area contributed by atoms with Gasteiger partial charge >= 0.3 is 11.9 Å². The lowest BCUT2D eigenvalue weighted by Crippen LogP contribution is -2.39. The molecular formula is C17H19NO6S. The summed E-state index contributed by atoms with van der Waals surface area (Å²) in [5, 5.41) is 32.5. The van der Waals surface area contributed by atoms with Gasteiger partial charge < -0.3 is 20.4 Å². The van der Waals surface area contributed by atoms with E-state index >= 15 is 0 Å². The van der Waals surface area contributed by atoms with Gasteiger partial charge in [0.2, 0.25) is 0 Å². The summed E-state index contributed by atoms with van der Waals surface area (Å²) in [6.45, 7) is 0. The summed E-state index contributed by atoms with van der Waals surface area (Å²) in [6.07, 6.45) is 0.266. The number of hydrogen-bond acceptors (Lipinski definition) is 6. The number of pyridine rings is 1. The second kappa shape index (κ2) is 11.2. The maximum absolute atomic E-state index is 9.77. The number of aliphatic hydroxyl groups is 2. The fraction of sp³-hybridized carbons (Fsp3) is 0.235. The van der Waals surface area contributed by atoms with Crippen LogP contribution in [0.4, 0.5) is 0 Å². The van der Waals surface area contributed by atoms with Crippen LogP contribution in [0.1, 0.15) is 5.56 Å². The summed E-state index contributed by atoms with van der Waals surface area (Å²) in [7, 11) is 0. The lowest BCUT2D eigenvalue weighted by Gasteiger charge is -2.07. The van der Waals surface area contributed by atoms with E-state index in [1.54, 1.807) is 0 Å². The average Bonchev–Trinajstić information content (AvgIpc) is 2.62. The van der Waals surface area contributed by atoms with Crippen LogP contribution in [0.3, 0.4) is 0 Å². The Labute approximate surface area is 149 Å². The molecule has 0 aliphatic heterocycles. The number of hydrogen-bond donors (Lipinski definition) is 4. The molecule has 0 bridgehead atoms. The van der Waals surface area contributed by atoms with Crippen molar-refractivity contribution in [3.05, 3.63) is 60.4 Å². The highest BCUT2D eigenvalue weighted by atomic mass is 32.2. The quantitative estimate of drug-likeness (QED) is 0.541. The van der Waals surface area contributed by atoms with Crippen LogP contribution >= 0.6 is 11.8 Å². The van der Waals surface area contributed by atoms with Crippen LogP contribution in [0, 0.1) is 0 Å². The summed E-state index contributed by atoms with van der Waals surface area (Å²) < 4.78 is 0. The minimum absolute atomic E-state index is 1.10. The topological polar surface area (TPSA) is 128 Å². The van der Waals surface area contributed by atoms with Gasteiger partial charge in [-0.25, -0.2) is 9.59 Å². The molecule has 0 saturated heterocycles. The standard InChI is InChI=1S/C13H13NS.C4H6O6/c1-2-4-13(5-3-1)15-11-8-12-6-9-14-10-7-12;5-1(3(7)8)2(6)4(9)10/h1-7,9-10H,8,11H2;1-2,5-6H,(H,7,8)(H,9,10). The summed E-state index contributed by atoms with van der Waals surface area (Å²) >= 11 is 1.89. The first-order chi connectivity index (χ1) is 11.9. The average molecular weight is 365 g/mol. The predicted octanol–water partition coefficient (Wildman–Crippen LogP) is 1.29. The first-order valence-corrected chi connectivity index (χ1v) is 8.29. The highest BCUT2D eigenvalue weighted by Gasteiger charge is 2.29. The Bertz CT molecular complexity index is 595. The molecule has 2 aromatic rings. The second-order valence-corrected chi connectivity index (χ2v) is 6.00. The number of aliphatic hydroxyl groups excluding tert-OH is 2. The van der Waals surface area contributed by atoms with Gasteiger partial charge in [0.25, 0.3) is 0 Å². The molecule has 7 nitrogen and oxygen atoms in total. The maximum atomic E-state index is 9.77. The number of thioether (sulfide) groups is 1. The number of carboxylic acids is 2. The van der Waals surface area contributed by atoms with Gasteiger partial charge in [-0.2, -0.15) is 0 Å². The molecule has 25 heavy (non-hydrogen) atoms. The Hall–Kier alpha value is -2.42. The van der Waals surface area contributed by atoms with Crippen molar-refractivity contribution in [2.75, 3.05) is 5.75 Å². The van der Waals surface area contributed by atoms with E-state index in [0.717, 1.165) is 12.2 Å². The molecular weight excluding hydrogens is 346 g/mol. The van der Waals surface area contributed by atoms with E-state index in [0.29, 0.717) is 0 Å². The largest absolute Gasteiger partial charge is 0.479 e. The van der Waals surface area contributed by atoms with Crippen molar-refractivity contribution in [1.82, 2.24) is 4.98 Å². The molecule has 8 heteroatoms. The van der Waals surface area contributed by atoms with Gasteiger partial charge in [-0.15, -0.1) is 11.8 Å². The molecule has 1 aromatic carbocycles. The van der Waals surface area contributed by atoms with Crippen LogP contribution in [0.25, 0.3) is 0 Å². The van der Waals surface area contributed by atoms with Gasteiger partial charge in [0.05, 0.1) is 0 Å². The number of benzene rings is 1. The number of aryl methyl sites for hydroxylation is 1. The van der Waals surface area contributed by atoms with Gasteiger partial charge in [0.15, 0.2) is 12.2 Å². The van der Waals surface area contributed by atoms with E-state index in [9.17, 15) is 9.59 Å². The summed E-state index contributed by atoms with van der Waals surface area (Å²) in [4.78, 5) is 24.9. The molecule has 2 rings (SSSR count). The van der Waals surface area contributed by atoms with Crippen molar-refractivity contribution in [2.45, 2.75) is 23.5 Å². The Balaban J connectivity index is 0.000000275. The van der Waals surface area contributed by atoms with Crippen LogP contribution in [0.5, 0.6) is 0 Å². The highest BCUT2D eigenvalue weighted by Crippen LogP contribution is 2.18. The smallest absolute Gasteiger partial charge is 0.335 e. The first kappa shape index (κ1) is 20.6. The van der Waals surface area contributed by atoms with Gasteiger partial charge in [-0.3, -0.25) is 4.98 Å². The van der Waals surface area contributed by atoms with Crippen LogP contribution in [-0.2, 0) is 16.0 Å². The summed E-state index contributed by atoms with van der Waals surface area (Å²) in [5.41, 5.74) is 1.36. The molecule has 1 aromatic heterocycles. The van der Waals surface area contributed by atoms with Gasteiger partial charge in [-0.1, -0.05) is 18.2 Å². The highest BCUT2D eigenvalue weighted by molar-refractivity contribution is 7.99. The molecule has 0 amide bonds. The van der Waals surface area contributed by atoms with Gasteiger partial charge in [0.1, 0.15) is 0 Å². The van der Waals surface area contributed by atoms with Crippen molar-refractivity contribution in [3.63, 3.8) is 0 Å². The zero-order valence-corrected chi connectivity index (χ0v) is 14.0. The SMILES string of the molecule is O=C(O)C(O)C(O)C(=O)O.c1ccc(SCCc2ccncc2)cc1. The molecule has 134 valence electrons. The van der Waals surface area contributed by atoms with Crippen molar-refractivity contribution < 1.29 is 30.0 Å². The number of nitrogens with zero attached hydrogens (tertiary/aromatic N) is 1. The van der Waals surface area contributed by atoms with E-state index in [2.05, 4.69) is 41.4 Å². The van der Waals surface area contributed by atoms with E-state index < -0.39 is 24.1 Å². The summed E-state index contributed by atoms with van der Waals surface area (Å²) in [5.74, 6) is -2.42. The third-order valence-corrected chi connectivity index (χ3v) is 3.97. The normalized spacial score (nSPS) is 12.4. The molecule has 0 saturated carbocycles. The fourth-order valence-electron chi connectivity index (χ4n) is 1.62. The first-order valence-electron chi connectivity index (χ1n) is 7.30. The fourth-order valence-corrected chi connectivity index (χ4v) is 2.55. The van der Waals surface area contributed by atoms with Crippen LogP contribution in [0.2, 0.25) is 0 Å². The monoisotopic (exact) mass is 365 g/mol. The number of aromatic nitrogens is 1.